The largest absolute Gasteiger partial charge is 0.496 e. The molecule has 0 radical (unpaired) electrons. The first-order chi connectivity index (χ1) is 16.1. The van der Waals surface area contributed by atoms with E-state index in [4.69, 9.17) is 21.3 Å². The summed E-state index contributed by atoms with van der Waals surface area (Å²) in [7, 11) is 1.63. The maximum atomic E-state index is 12.8. The maximum absolute atomic E-state index is 12.8. The number of hydrogen-bond donors (Lipinski definition) is 1. The summed E-state index contributed by atoms with van der Waals surface area (Å²) >= 11 is 6.16. The van der Waals surface area contributed by atoms with Crippen LogP contribution in [0.1, 0.15) is 16.8 Å². The van der Waals surface area contributed by atoms with Crippen molar-refractivity contribution in [2.24, 2.45) is 0 Å². The van der Waals surface area contributed by atoms with Crippen molar-refractivity contribution < 1.29 is 4.74 Å². The average Bonchev–Trinajstić information content (AvgIpc) is 2.85. The van der Waals surface area contributed by atoms with Crippen molar-refractivity contribution in [2.75, 3.05) is 13.7 Å². The van der Waals surface area contributed by atoms with Gasteiger partial charge >= 0.3 is 0 Å². The third-order valence-corrected chi connectivity index (χ3v) is 6.10. The number of ether oxygens (including phenoxy) is 1. The fourth-order valence-corrected chi connectivity index (χ4v) is 4.34. The fourth-order valence-electron chi connectivity index (χ4n) is 4.16. The summed E-state index contributed by atoms with van der Waals surface area (Å²) in [5.74, 6) is 1.36. The van der Waals surface area contributed by atoms with Crippen molar-refractivity contribution in [3.05, 3.63) is 99.1 Å². The predicted octanol–water partition coefficient (Wildman–Crippen LogP) is 4.72. The molecule has 166 valence electrons. The normalized spacial score (nSPS) is 13.5. The van der Waals surface area contributed by atoms with Gasteiger partial charge in [-0.15, -0.1) is 0 Å². The third-order valence-electron chi connectivity index (χ3n) is 5.86. The number of pyridine rings is 1. The lowest BCUT2D eigenvalue weighted by atomic mass is 10.1. The molecule has 33 heavy (non-hydrogen) atoms. The molecule has 0 bridgehead atoms. The molecule has 0 saturated heterocycles. The summed E-state index contributed by atoms with van der Waals surface area (Å²) < 4.78 is 5.44. The van der Waals surface area contributed by atoms with E-state index in [1.165, 1.54) is 0 Å². The Kier molecular flexibility index (Phi) is 5.94. The van der Waals surface area contributed by atoms with Crippen molar-refractivity contribution in [3.8, 4) is 28.4 Å². The van der Waals surface area contributed by atoms with Gasteiger partial charge in [-0.2, -0.15) is 0 Å². The molecule has 0 saturated carbocycles. The van der Waals surface area contributed by atoms with Gasteiger partial charge < -0.3 is 9.72 Å². The zero-order valence-electron chi connectivity index (χ0n) is 18.2. The van der Waals surface area contributed by atoms with E-state index in [1.54, 1.807) is 13.2 Å². The Hall–Kier alpha value is -3.48. The molecule has 2 aromatic heterocycles. The Morgan fingerprint density at radius 3 is 2.73 bits per heavy atom. The summed E-state index contributed by atoms with van der Waals surface area (Å²) in [5, 5.41) is 0.637. The van der Waals surface area contributed by atoms with Crippen LogP contribution < -0.4 is 10.3 Å². The lowest BCUT2D eigenvalue weighted by Gasteiger charge is -2.27. The van der Waals surface area contributed by atoms with Crippen molar-refractivity contribution in [3.63, 3.8) is 0 Å². The first kappa shape index (κ1) is 21.4. The first-order valence-electron chi connectivity index (χ1n) is 10.8. The Balaban J connectivity index is 1.32. The van der Waals surface area contributed by atoms with Crippen LogP contribution in [-0.2, 0) is 19.5 Å². The number of H-pyrrole nitrogens is 1. The number of aromatic nitrogens is 3. The molecule has 1 aliphatic heterocycles. The average molecular weight is 459 g/mol. The monoisotopic (exact) mass is 458 g/mol. The van der Waals surface area contributed by atoms with Crippen molar-refractivity contribution in [1.29, 1.82) is 0 Å². The van der Waals surface area contributed by atoms with E-state index in [0.717, 1.165) is 52.4 Å². The summed E-state index contributed by atoms with van der Waals surface area (Å²) in [6.45, 7) is 2.11. The highest BCUT2D eigenvalue weighted by atomic mass is 35.5. The molecular weight excluding hydrogens is 436 g/mol. The Bertz CT molecular complexity index is 1340. The highest BCUT2D eigenvalue weighted by Crippen LogP contribution is 2.31. The van der Waals surface area contributed by atoms with Crippen LogP contribution in [-0.4, -0.2) is 33.5 Å². The summed E-state index contributed by atoms with van der Waals surface area (Å²) in [6, 6.07) is 19.3. The van der Waals surface area contributed by atoms with E-state index in [9.17, 15) is 4.79 Å². The van der Waals surface area contributed by atoms with Crippen LogP contribution >= 0.6 is 11.6 Å². The Morgan fingerprint density at radius 1 is 1.12 bits per heavy atom. The molecule has 1 N–H and O–H groups in total. The molecule has 4 aromatic rings. The lowest BCUT2D eigenvalue weighted by Crippen LogP contribution is -2.35. The molecule has 1 aliphatic rings. The fraction of sp³-hybridized carbons (Fsp3) is 0.192. The van der Waals surface area contributed by atoms with E-state index in [-0.39, 0.29) is 5.56 Å². The molecule has 0 atom stereocenters. The zero-order chi connectivity index (χ0) is 22.8. The predicted molar refractivity (Wildman–Crippen MR) is 129 cm³/mol. The highest BCUT2D eigenvalue weighted by molar-refractivity contribution is 6.30. The van der Waals surface area contributed by atoms with E-state index in [0.29, 0.717) is 23.9 Å². The number of halogens is 1. The number of fused-ring (bicyclic) bond motifs is 1. The molecular formula is C26H23ClN4O2. The molecule has 0 aliphatic carbocycles. The van der Waals surface area contributed by atoms with Gasteiger partial charge in [0.1, 0.15) is 11.6 Å². The van der Waals surface area contributed by atoms with Crippen molar-refractivity contribution in [2.45, 2.75) is 19.5 Å². The topological polar surface area (TPSA) is 71.1 Å². The van der Waals surface area contributed by atoms with Gasteiger partial charge in [0.05, 0.1) is 24.1 Å². The van der Waals surface area contributed by atoms with E-state index in [2.05, 4.69) is 20.9 Å². The quantitative estimate of drug-likeness (QED) is 0.468. The minimum Gasteiger partial charge on any atom is -0.496 e. The van der Waals surface area contributed by atoms with Gasteiger partial charge in [-0.3, -0.25) is 14.7 Å². The van der Waals surface area contributed by atoms with E-state index >= 15 is 0 Å². The minimum absolute atomic E-state index is 0.0647. The molecule has 7 heteroatoms. The van der Waals surface area contributed by atoms with Crippen LogP contribution in [0.3, 0.4) is 0 Å². The van der Waals surface area contributed by atoms with E-state index < -0.39 is 0 Å². The van der Waals surface area contributed by atoms with Crippen LogP contribution in [0.2, 0.25) is 5.02 Å². The Morgan fingerprint density at radius 2 is 1.97 bits per heavy atom. The second-order valence-electron chi connectivity index (χ2n) is 8.06. The van der Waals surface area contributed by atoms with Gasteiger partial charge in [0, 0.05) is 48.4 Å². The molecule has 6 nitrogen and oxygen atoms in total. The van der Waals surface area contributed by atoms with Crippen LogP contribution in [0, 0.1) is 0 Å². The van der Waals surface area contributed by atoms with Crippen LogP contribution in [0.5, 0.6) is 5.75 Å². The minimum atomic E-state index is -0.0647. The summed E-state index contributed by atoms with van der Waals surface area (Å²) in [5.41, 5.74) is 5.22. The van der Waals surface area contributed by atoms with Crippen LogP contribution in [0.25, 0.3) is 22.6 Å². The van der Waals surface area contributed by atoms with Gasteiger partial charge in [-0.05, 0) is 29.8 Å². The number of benzene rings is 2. The van der Waals surface area contributed by atoms with Gasteiger partial charge in [-0.25, -0.2) is 4.98 Å². The van der Waals surface area contributed by atoms with Gasteiger partial charge in [0.15, 0.2) is 0 Å². The number of hydrogen-bond acceptors (Lipinski definition) is 5. The van der Waals surface area contributed by atoms with Gasteiger partial charge in [0.2, 0.25) is 0 Å². The number of nitrogens with zero attached hydrogens (tertiary/aromatic N) is 3. The standard InChI is InChI=1S/C26H23ClN4O2/c1-33-24-10-8-19(27)13-20(24)22-9-7-17(14-28-22)15-31-12-11-23-21(16-31)26(32)30-25(29-23)18-5-3-2-4-6-18/h2-10,13-14H,11-12,15-16H2,1H3,(H,29,30,32). The van der Waals surface area contributed by atoms with Gasteiger partial charge in [0.25, 0.3) is 5.56 Å². The summed E-state index contributed by atoms with van der Waals surface area (Å²) in [4.78, 5) is 27.3. The smallest absolute Gasteiger partial charge is 0.255 e. The maximum Gasteiger partial charge on any atom is 0.255 e. The Labute approximate surface area is 196 Å². The van der Waals surface area contributed by atoms with Gasteiger partial charge in [-0.1, -0.05) is 48.0 Å². The zero-order valence-corrected chi connectivity index (χ0v) is 19.0. The summed E-state index contributed by atoms with van der Waals surface area (Å²) in [6.07, 6.45) is 2.61. The van der Waals surface area contributed by atoms with Crippen molar-refractivity contribution in [1.82, 2.24) is 19.9 Å². The molecule has 0 amide bonds. The number of rotatable bonds is 5. The van der Waals surface area contributed by atoms with E-state index in [1.807, 2.05) is 54.7 Å². The molecule has 0 spiro atoms. The molecule has 3 heterocycles. The number of nitrogens with one attached hydrogen (secondary N) is 1. The van der Waals surface area contributed by atoms with Crippen LogP contribution in [0.15, 0.2) is 71.7 Å². The molecule has 5 rings (SSSR count). The second kappa shape index (κ2) is 9.17. The van der Waals surface area contributed by atoms with Crippen LogP contribution in [0.4, 0.5) is 0 Å². The molecule has 0 fully saturated rings. The first-order valence-corrected chi connectivity index (χ1v) is 11.2. The SMILES string of the molecule is COc1ccc(Cl)cc1-c1ccc(CN2CCc3nc(-c4ccccc4)[nH]c(=O)c3C2)cn1. The second-order valence-corrected chi connectivity index (χ2v) is 8.50. The van der Waals surface area contributed by atoms with Crippen molar-refractivity contribution >= 4 is 11.6 Å². The number of aromatic amines is 1. The lowest BCUT2D eigenvalue weighted by molar-refractivity contribution is 0.241. The third kappa shape index (κ3) is 4.53. The highest BCUT2D eigenvalue weighted by Gasteiger charge is 2.22. The number of methoxy groups -OCH3 is 1. The molecule has 0 unspecified atom stereocenters. The molecule has 2 aromatic carbocycles.